The van der Waals surface area contributed by atoms with E-state index in [2.05, 4.69) is 9.97 Å². The topological polar surface area (TPSA) is 61.0 Å². The molecule has 0 saturated heterocycles. The van der Waals surface area contributed by atoms with Gasteiger partial charge >= 0.3 is 0 Å². The van der Waals surface area contributed by atoms with Crippen LogP contribution in [0, 0.1) is 6.92 Å². The van der Waals surface area contributed by atoms with E-state index in [1.165, 1.54) is 6.33 Å². The third kappa shape index (κ3) is 2.08. The van der Waals surface area contributed by atoms with Crippen molar-refractivity contribution in [1.29, 1.82) is 0 Å². The van der Waals surface area contributed by atoms with Crippen molar-refractivity contribution in [3.63, 3.8) is 0 Å². The number of aromatic nitrogens is 2. The Kier molecular flexibility index (Phi) is 2.76. The van der Waals surface area contributed by atoms with Gasteiger partial charge in [0.05, 0.1) is 16.6 Å². The number of anilines is 1. The molecule has 0 aliphatic heterocycles. The molecule has 3 aromatic rings. The van der Waals surface area contributed by atoms with Crippen LogP contribution in [-0.2, 0) is 0 Å². The summed E-state index contributed by atoms with van der Waals surface area (Å²) in [7, 11) is 0. The lowest BCUT2D eigenvalue weighted by Crippen LogP contribution is -1.97. The summed E-state index contributed by atoms with van der Waals surface area (Å²) in [5, 5.41) is 0.868. The summed E-state index contributed by atoms with van der Waals surface area (Å²) in [5.41, 5.74) is 8.37. The van der Waals surface area contributed by atoms with Crippen molar-refractivity contribution in [3.8, 4) is 11.6 Å². The van der Waals surface area contributed by atoms with Crippen LogP contribution in [-0.4, -0.2) is 9.97 Å². The number of ether oxygens (including phenoxy) is 1. The van der Waals surface area contributed by atoms with E-state index in [4.69, 9.17) is 10.5 Å². The zero-order valence-electron chi connectivity index (χ0n) is 10.5. The Morgan fingerprint density at radius 2 is 1.84 bits per heavy atom. The lowest BCUT2D eigenvalue weighted by atomic mass is 10.2. The number of para-hydroxylation sites is 2. The fraction of sp³-hybridized carbons (Fsp3) is 0.0667. The molecule has 2 aromatic carbocycles. The molecule has 0 atom stereocenters. The van der Waals surface area contributed by atoms with Crippen molar-refractivity contribution >= 4 is 16.6 Å². The highest BCUT2D eigenvalue weighted by Gasteiger charge is 2.09. The zero-order valence-corrected chi connectivity index (χ0v) is 10.5. The van der Waals surface area contributed by atoms with Crippen molar-refractivity contribution in [1.82, 2.24) is 9.97 Å². The van der Waals surface area contributed by atoms with Gasteiger partial charge in [-0.15, -0.1) is 0 Å². The molecule has 0 spiro atoms. The monoisotopic (exact) mass is 251 g/mol. The number of nitrogens with two attached hydrogens (primary N) is 1. The average Bonchev–Trinajstić information content (AvgIpc) is 2.43. The average molecular weight is 251 g/mol. The first-order valence-corrected chi connectivity index (χ1v) is 5.98. The number of rotatable bonds is 2. The smallest absolute Gasteiger partial charge is 0.230 e. The summed E-state index contributed by atoms with van der Waals surface area (Å²) in [6.45, 7) is 1.95. The largest absolute Gasteiger partial charge is 0.436 e. The van der Waals surface area contributed by atoms with Crippen LogP contribution in [0.2, 0.25) is 0 Å². The Morgan fingerprint density at radius 1 is 1.00 bits per heavy atom. The van der Waals surface area contributed by atoms with Gasteiger partial charge in [-0.25, -0.2) is 9.97 Å². The second-order valence-electron chi connectivity index (χ2n) is 4.29. The highest BCUT2D eigenvalue weighted by molar-refractivity contribution is 5.83. The van der Waals surface area contributed by atoms with E-state index in [0.29, 0.717) is 17.3 Å². The van der Waals surface area contributed by atoms with Gasteiger partial charge in [0.2, 0.25) is 5.88 Å². The molecule has 0 aliphatic rings. The van der Waals surface area contributed by atoms with Crippen LogP contribution in [0.3, 0.4) is 0 Å². The third-order valence-electron chi connectivity index (χ3n) is 2.95. The number of fused-ring (bicyclic) bond motifs is 1. The number of nitrogen functional groups attached to an aromatic ring is 1. The van der Waals surface area contributed by atoms with E-state index in [0.717, 1.165) is 16.5 Å². The molecule has 0 amide bonds. The van der Waals surface area contributed by atoms with Crippen molar-refractivity contribution in [3.05, 3.63) is 54.4 Å². The number of hydrogen-bond acceptors (Lipinski definition) is 4. The van der Waals surface area contributed by atoms with Crippen molar-refractivity contribution < 1.29 is 4.74 Å². The van der Waals surface area contributed by atoms with Gasteiger partial charge in [0, 0.05) is 0 Å². The van der Waals surface area contributed by atoms with Gasteiger partial charge < -0.3 is 10.5 Å². The molecule has 0 unspecified atom stereocenters. The summed E-state index contributed by atoms with van der Waals surface area (Å²) in [6, 6.07) is 13.4. The van der Waals surface area contributed by atoms with Crippen LogP contribution >= 0.6 is 0 Å². The number of hydrogen-bond donors (Lipinski definition) is 1. The maximum atomic E-state index is 5.94. The third-order valence-corrected chi connectivity index (χ3v) is 2.95. The van der Waals surface area contributed by atoms with E-state index in [-0.39, 0.29) is 0 Å². The molecular formula is C15H13N3O. The van der Waals surface area contributed by atoms with E-state index in [9.17, 15) is 0 Å². The molecule has 0 bridgehead atoms. The Morgan fingerprint density at radius 3 is 2.68 bits per heavy atom. The standard InChI is InChI=1S/C15H13N3O/c1-10-5-4-7-12(16)14(10)19-15-11-6-2-3-8-13(11)17-9-18-15/h2-9H,16H2,1H3. The Bertz CT molecular complexity index is 715. The van der Waals surface area contributed by atoms with E-state index in [1.54, 1.807) is 0 Å². The molecule has 19 heavy (non-hydrogen) atoms. The molecule has 1 aromatic heterocycles. The van der Waals surface area contributed by atoms with E-state index in [1.807, 2.05) is 49.4 Å². The summed E-state index contributed by atoms with van der Waals surface area (Å²) in [4.78, 5) is 8.40. The van der Waals surface area contributed by atoms with Gasteiger partial charge in [-0.2, -0.15) is 0 Å². The maximum Gasteiger partial charge on any atom is 0.230 e. The van der Waals surface area contributed by atoms with Gasteiger partial charge in [0.1, 0.15) is 6.33 Å². The summed E-state index contributed by atoms with van der Waals surface area (Å²) < 4.78 is 5.88. The zero-order chi connectivity index (χ0) is 13.2. The van der Waals surface area contributed by atoms with Gasteiger partial charge in [-0.1, -0.05) is 24.3 Å². The van der Waals surface area contributed by atoms with Crippen LogP contribution in [0.25, 0.3) is 10.9 Å². The minimum atomic E-state index is 0.520. The predicted octanol–water partition coefficient (Wildman–Crippen LogP) is 3.31. The van der Waals surface area contributed by atoms with Crippen LogP contribution < -0.4 is 10.5 Å². The molecule has 94 valence electrons. The minimum Gasteiger partial charge on any atom is -0.436 e. The summed E-state index contributed by atoms with van der Waals surface area (Å²) in [5.74, 6) is 1.16. The minimum absolute atomic E-state index is 0.520. The number of aryl methyl sites for hydroxylation is 1. The Hall–Kier alpha value is -2.62. The van der Waals surface area contributed by atoms with Crippen LogP contribution in [0.15, 0.2) is 48.8 Å². The fourth-order valence-corrected chi connectivity index (χ4v) is 1.97. The summed E-state index contributed by atoms with van der Waals surface area (Å²) >= 11 is 0. The van der Waals surface area contributed by atoms with E-state index < -0.39 is 0 Å². The predicted molar refractivity (Wildman–Crippen MR) is 75.2 cm³/mol. The number of nitrogens with zero attached hydrogens (tertiary/aromatic N) is 2. The molecule has 1 heterocycles. The summed E-state index contributed by atoms with van der Waals surface area (Å²) in [6.07, 6.45) is 1.49. The van der Waals surface area contributed by atoms with Gasteiger partial charge in [-0.05, 0) is 30.7 Å². The van der Waals surface area contributed by atoms with Gasteiger partial charge in [-0.3, -0.25) is 0 Å². The van der Waals surface area contributed by atoms with Gasteiger partial charge in [0.15, 0.2) is 5.75 Å². The van der Waals surface area contributed by atoms with Crippen molar-refractivity contribution in [2.45, 2.75) is 6.92 Å². The molecule has 0 saturated carbocycles. The highest BCUT2D eigenvalue weighted by Crippen LogP contribution is 2.32. The number of benzene rings is 2. The normalized spacial score (nSPS) is 10.6. The molecule has 0 fully saturated rings. The molecule has 4 nitrogen and oxygen atoms in total. The van der Waals surface area contributed by atoms with E-state index >= 15 is 0 Å². The SMILES string of the molecule is Cc1cccc(N)c1Oc1ncnc2ccccc12. The molecule has 3 rings (SSSR count). The quantitative estimate of drug-likeness (QED) is 0.710. The molecule has 0 aliphatic carbocycles. The second-order valence-corrected chi connectivity index (χ2v) is 4.29. The maximum absolute atomic E-state index is 5.94. The highest BCUT2D eigenvalue weighted by atomic mass is 16.5. The lowest BCUT2D eigenvalue weighted by molar-refractivity contribution is 0.467. The van der Waals surface area contributed by atoms with Crippen LogP contribution in [0.1, 0.15) is 5.56 Å². The Labute approximate surface area is 110 Å². The first-order valence-electron chi connectivity index (χ1n) is 5.98. The van der Waals surface area contributed by atoms with Crippen LogP contribution in [0.5, 0.6) is 11.6 Å². The first kappa shape index (κ1) is 11.5. The van der Waals surface area contributed by atoms with Gasteiger partial charge in [0.25, 0.3) is 0 Å². The molecular weight excluding hydrogens is 238 g/mol. The molecule has 0 radical (unpaired) electrons. The van der Waals surface area contributed by atoms with Crippen molar-refractivity contribution in [2.24, 2.45) is 0 Å². The molecule has 2 N–H and O–H groups in total. The second kappa shape index (κ2) is 4.57. The van der Waals surface area contributed by atoms with Crippen LogP contribution in [0.4, 0.5) is 5.69 Å². The Balaban J connectivity index is 2.11. The molecule has 4 heteroatoms. The first-order chi connectivity index (χ1) is 9.25. The van der Waals surface area contributed by atoms with Crippen molar-refractivity contribution in [2.75, 3.05) is 5.73 Å². The lowest BCUT2D eigenvalue weighted by Gasteiger charge is -2.11. The fourth-order valence-electron chi connectivity index (χ4n) is 1.97.